The molecule has 4 nitrogen and oxygen atoms in total. The Morgan fingerprint density at radius 1 is 0.933 bits per heavy atom. The van der Waals surface area contributed by atoms with Crippen molar-refractivity contribution >= 4 is 23.4 Å². The Morgan fingerprint density at radius 2 is 1.63 bits per heavy atom. The standard InChI is InChI=1S/C25H23ClN2O2/c26-21-12-10-18(11-13-21)14-15-27-24(29)23(16-19-6-2-1-3-7-19)28-17-20-8-4-5-9-22(20)25(28)30/h1-13,23H,14-17H2,(H,27,29)/t23-/m1/s1. The van der Waals surface area contributed by atoms with Gasteiger partial charge < -0.3 is 10.2 Å². The molecule has 0 aromatic heterocycles. The smallest absolute Gasteiger partial charge is 0.255 e. The van der Waals surface area contributed by atoms with Crippen molar-refractivity contribution in [1.82, 2.24) is 10.2 Å². The number of halogens is 1. The molecule has 1 N–H and O–H groups in total. The van der Waals surface area contributed by atoms with Gasteiger partial charge in [0.25, 0.3) is 5.91 Å². The third kappa shape index (κ3) is 4.55. The maximum absolute atomic E-state index is 13.1. The lowest BCUT2D eigenvalue weighted by molar-refractivity contribution is -0.125. The second-order valence-electron chi connectivity index (χ2n) is 7.46. The molecule has 3 aromatic rings. The van der Waals surface area contributed by atoms with Crippen molar-refractivity contribution < 1.29 is 9.59 Å². The topological polar surface area (TPSA) is 49.4 Å². The zero-order valence-electron chi connectivity index (χ0n) is 16.6. The van der Waals surface area contributed by atoms with E-state index in [9.17, 15) is 9.59 Å². The van der Waals surface area contributed by atoms with Crippen LogP contribution in [0.1, 0.15) is 27.0 Å². The largest absolute Gasteiger partial charge is 0.354 e. The molecule has 0 fully saturated rings. The molecule has 1 atom stereocenters. The van der Waals surface area contributed by atoms with Gasteiger partial charge >= 0.3 is 0 Å². The zero-order valence-corrected chi connectivity index (χ0v) is 17.3. The molecule has 0 spiro atoms. The normalized spacial score (nSPS) is 13.8. The van der Waals surface area contributed by atoms with E-state index in [0.29, 0.717) is 36.5 Å². The van der Waals surface area contributed by atoms with Crippen LogP contribution in [0.2, 0.25) is 5.02 Å². The highest BCUT2D eigenvalue weighted by molar-refractivity contribution is 6.30. The molecule has 1 aliphatic rings. The first-order valence-electron chi connectivity index (χ1n) is 10.1. The Bertz CT molecular complexity index is 1030. The summed E-state index contributed by atoms with van der Waals surface area (Å²) in [7, 11) is 0. The van der Waals surface area contributed by atoms with Gasteiger partial charge in [-0.05, 0) is 41.3 Å². The minimum absolute atomic E-state index is 0.0839. The minimum Gasteiger partial charge on any atom is -0.354 e. The van der Waals surface area contributed by atoms with Crippen LogP contribution in [0.5, 0.6) is 0 Å². The summed E-state index contributed by atoms with van der Waals surface area (Å²) in [4.78, 5) is 27.8. The van der Waals surface area contributed by atoms with Crippen molar-refractivity contribution in [2.45, 2.75) is 25.4 Å². The quantitative estimate of drug-likeness (QED) is 0.623. The summed E-state index contributed by atoms with van der Waals surface area (Å²) >= 11 is 5.93. The number of carbonyl (C=O) groups is 2. The number of hydrogen-bond acceptors (Lipinski definition) is 2. The first-order valence-corrected chi connectivity index (χ1v) is 10.4. The fraction of sp³-hybridized carbons (Fsp3) is 0.200. The predicted octanol–water partition coefficient (Wildman–Crippen LogP) is 4.27. The van der Waals surface area contributed by atoms with Crippen molar-refractivity contribution in [3.8, 4) is 0 Å². The van der Waals surface area contributed by atoms with Crippen LogP contribution in [0.4, 0.5) is 0 Å². The van der Waals surface area contributed by atoms with Crippen molar-refractivity contribution in [3.63, 3.8) is 0 Å². The molecular formula is C25H23ClN2O2. The molecule has 0 radical (unpaired) electrons. The Kier molecular flexibility index (Phi) is 6.15. The van der Waals surface area contributed by atoms with E-state index < -0.39 is 6.04 Å². The predicted molar refractivity (Wildman–Crippen MR) is 118 cm³/mol. The Hall–Kier alpha value is -3.11. The molecule has 30 heavy (non-hydrogen) atoms. The van der Waals surface area contributed by atoms with Crippen LogP contribution in [-0.2, 0) is 24.2 Å². The minimum atomic E-state index is -0.558. The second kappa shape index (κ2) is 9.14. The lowest BCUT2D eigenvalue weighted by Gasteiger charge is -2.27. The summed E-state index contributed by atoms with van der Waals surface area (Å²) < 4.78 is 0. The maximum atomic E-state index is 13.1. The van der Waals surface area contributed by atoms with Gasteiger partial charge in [0.05, 0.1) is 0 Å². The van der Waals surface area contributed by atoms with Crippen LogP contribution in [0.15, 0.2) is 78.9 Å². The molecule has 1 aliphatic heterocycles. The number of carbonyl (C=O) groups excluding carboxylic acids is 2. The summed E-state index contributed by atoms with van der Waals surface area (Å²) in [5, 5.41) is 3.72. The van der Waals surface area contributed by atoms with Crippen molar-refractivity contribution in [2.75, 3.05) is 6.54 Å². The molecule has 5 heteroatoms. The Labute approximate surface area is 181 Å². The third-order valence-corrected chi connectivity index (χ3v) is 5.68. The molecule has 0 bridgehead atoms. The molecule has 0 saturated carbocycles. The molecular weight excluding hydrogens is 396 g/mol. The van der Waals surface area contributed by atoms with E-state index in [1.54, 1.807) is 4.90 Å². The molecule has 0 saturated heterocycles. The monoisotopic (exact) mass is 418 g/mol. The number of hydrogen-bond donors (Lipinski definition) is 1. The molecule has 3 aromatic carbocycles. The molecule has 2 amide bonds. The van der Waals surface area contributed by atoms with Crippen LogP contribution in [0, 0.1) is 0 Å². The molecule has 152 valence electrons. The zero-order chi connectivity index (χ0) is 20.9. The molecule has 4 rings (SSSR count). The summed E-state index contributed by atoms with van der Waals surface area (Å²) in [6, 6.07) is 24.4. The van der Waals surface area contributed by atoms with Gasteiger partial charge in [0.2, 0.25) is 5.91 Å². The molecule has 1 heterocycles. The number of fused-ring (bicyclic) bond motifs is 1. The highest BCUT2D eigenvalue weighted by Gasteiger charge is 2.36. The molecule has 0 aliphatic carbocycles. The van der Waals surface area contributed by atoms with Gasteiger partial charge in [0.15, 0.2) is 0 Å². The SMILES string of the molecule is O=C(NCCc1ccc(Cl)cc1)[C@@H](Cc1ccccc1)N1Cc2ccccc2C1=O. The van der Waals surface area contributed by atoms with E-state index in [1.165, 1.54) is 0 Å². The van der Waals surface area contributed by atoms with Crippen LogP contribution >= 0.6 is 11.6 Å². The lowest BCUT2D eigenvalue weighted by atomic mass is 10.0. The second-order valence-corrected chi connectivity index (χ2v) is 7.90. The van der Waals surface area contributed by atoms with Crippen molar-refractivity contribution in [1.29, 1.82) is 0 Å². The van der Waals surface area contributed by atoms with Gasteiger partial charge in [0.1, 0.15) is 6.04 Å². The van der Waals surface area contributed by atoms with E-state index in [4.69, 9.17) is 11.6 Å². The van der Waals surface area contributed by atoms with E-state index in [1.807, 2.05) is 78.9 Å². The summed E-state index contributed by atoms with van der Waals surface area (Å²) in [5.74, 6) is -0.214. The average Bonchev–Trinajstić information content (AvgIpc) is 3.10. The van der Waals surface area contributed by atoms with E-state index in [2.05, 4.69) is 5.32 Å². The average molecular weight is 419 g/mol. The first kappa shape index (κ1) is 20.2. The molecule has 0 unspecified atom stereocenters. The van der Waals surface area contributed by atoms with Gasteiger partial charge in [-0.1, -0.05) is 72.3 Å². The van der Waals surface area contributed by atoms with Crippen molar-refractivity contribution in [3.05, 3.63) is 106 Å². The van der Waals surface area contributed by atoms with Gasteiger partial charge in [0, 0.05) is 30.1 Å². The lowest BCUT2D eigenvalue weighted by Crippen LogP contribution is -2.48. The number of rotatable bonds is 7. The number of amides is 2. The fourth-order valence-electron chi connectivity index (χ4n) is 3.81. The van der Waals surface area contributed by atoms with E-state index in [-0.39, 0.29) is 11.8 Å². The van der Waals surface area contributed by atoms with Crippen molar-refractivity contribution in [2.24, 2.45) is 0 Å². The Morgan fingerprint density at radius 3 is 2.37 bits per heavy atom. The van der Waals surface area contributed by atoms with Gasteiger partial charge in [-0.25, -0.2) is 0 Å². The highest BCUT2D eigenvalue weighted by atomic mass is 35.5. The van der Waals surface area contributed by atoms with Gasteiger partial charge in [-0.15, -0.1) is 0 Å². The van der Waals surface area contributed by atoms with Gasteiger partial charge in [-0.2, -0.15) is 0 Å². The number of benzene rings is 3. The highest BCUT2D eigenvalue weighted by Crippen LogP contribution is 2.26. The maximum Gasteiger partial charge on any atom is 0.255 e. The van der Waals surface area contributed by atoms with Crippen LogP contribution in [0.25, 0.3) is 0 Å². The first-order chi connectivity index (χ1) is 14.6. The van der Waals surface area contributed by atoms with E-state index in [0.717, 1.165) is 16.7 Å². The van der Waals surface area contributed by atoms with Gasteiger partial charge in [-0.3, -0.25) is 9.59 Å². The van der Waals surface area contributed by atoms with Crippen LogP contribution in [0.3, 0.4) is 0 Å². The number of nitrogens with one attached hydrogen (secondary N) is 1. The third-order valence-electron chi connectivity index (χ3n) is 5.43. The van der Waals surface area contributed by atoms with Crippen LogP contribution < -0.4 is 5.32 Å². The Balaban J connectivity index is 1.48. The summed E-state index contributed by atoms with van der Waals surface area (Å²) in [6.07, 6.45) is 1.18. The van der Waals surface area contributed by atoms with Crippen LogP contribution in [-0.4, -0.2) is 29.3 Å². The van der Waals surface area contributed by atoms with E-state index >= 15 is 0 Å². The summed E-state index contributed by atoms with van der Waals surface area (Å²) in [5.41, 5.74) is 3.78. The summed E-state index contributed by atoms with van der Waals surface area (Å²) in [6.45, 7) is 0.956. The number of nitrogens with zero attached hydrogens (tertiary/aromatic N) is 1. The fourth-order valence-corrected chi connectivity index (χ4v) is 3.94.